The van der Waals surface area contributed by atoms with Crippen LogP contribution in [0.4, 0.5) is 0 Å². The van der Waals surface area contributed by atoms with E-state index in [-0.39, 0.29) is 5.41 Å². The molecular weight excluding hydrogens is 234 g/mol. The summed E-state index contributed by atoms with van der Waals surface area (Å²) in [5.74, 6) is 1.06. The highest BCUT2D eigenvalue weighted by Crippen LogP contribution is 2.46. The highest BCUT2D eigenvalue weighted by atomic mass is 14.9. The van der Waals surface area contributed by atoms with Crippen LogP contribution in [-0.4, -0.2) is 22.6 Å². The van der Waals surface area contributed by atoms with Crippen LogP contribution in [0.25, 0.3) is 0 Å². The zero-order valence-corrected chi connectivity index (χ0v) is 13.0. The third-order valence-corrected chi connectivity index (χ3v) is 4.12. The summed E-state index contributed by atoms with van der Waals surface area (Å²) < 4.78 is 0. The fraction of sp³-hybridized carbons (Fsp3) is 0.750. The van der Waals surface area contributed by atoms with Crippen molar-refractivity contribution in [2.24, 2.45) is 0 Å². The van der Waals surface area contributed by atoms with Crippen molar-refractivity contribution in [2.45, 2.75) is 71.8 Å². The summed E-state index contributed by atoms with van der Waals surface area (Å²) in [6.45, 7) is 12.0. The number of aryl methyl sites for hydroxylation is 2. The molecule has 0 radical (unpaired) electrons. The second kappa shape index (κ2) is 5.58. The Kier molecular flexibility index (Phi) is 4.24. The van der Waals surface area contributed by atoms with Crippen molar-refractivity contribution >= 4 is 0 Å². The fourth-order valence-corrected chi connectivity index (χ4v) is 2.44. The molecule has 0 aliphatic heterocycles. The van der Waals surface area contributed by atoms with Gasteiger partial charge in [-0.1, -0.05) is 20.8 Å². The second-order valence-corrected chi connectivity index (χ2v) is 6.47. The van der Waals surface area contributed by atoms with Gasteiger partial charge in [-0.15, -0.1) is 0 Å². The molecule has 106 valence electrons. The van der Waals surface area contributed by atoms with Gasteiger partial charge in [0.2, 0.25) is 0 Å². The molecular formula is C16H27N3. The average molecular weight is 261 g/mol. The second-order valence-electron chi connectivity index (χ2n) is 6.47. The fourth-order valence-electron chi connectivity index (χ4n) is 2.44. The van der Waals surface area contributed by atoms with E-state index in [0.29, 0.717) is 6.04 Å². The van der Waals surface area contributed by atoms with Crippen molar-refractivity contribution in [1.82, 2.24) is 15.3 Å². The molecule has 1 aromatic rings. The first-order valence-corrected chi connectivity index (χ1v) is 7.50. The predicted molar refractivity (Wildman–Crippen MR) is 79.6 cm³/mol. The minimum atomic E-state index is 0.271. The molecule has 1 fully saturated rings. The molecule has 1 aromatic heterocycles. The molecule has 0 amide bonds. The molecule has 3 nitrogen and oxygen atoms in total. The third kappa shape index (κ3) is 3.53. The first kappa shape index (κ1) is 14.4. The molecule has 1 saturated carbocycles. The number of nitrogens with zero attached hydrogens (tertiary/aromatic N) is 2. The molecule has 1 aliphatic carbocycles. The molecule has 19 heavy (non-hydrogen) atoms. The summed E-state index contributed by atoms with van der Waals surface area (Å²) in [5, 5.41) is 3.46. The molecule has 1 N–H and O–H groups in total. The maximum absolute atomic E-state index is 4.75. The van der Waals surface area contributed by atoms with Gasteiger partial charge < -0.3 is 5.32 Å². The minimum absolute atomic E-state index is 0.271. The van der Waals surface area contributed by atoms with E-state index >= 15 is 0 Å². The van der Waals surface area contributed by atoms with Crippen LogP contribution in [0.1, 0.15) is 62.8 Å². The molecule has 1 heterocycles. The summed E-state index contributed by atoms with van der Waals surface area (Å²) >= 11 is 0. The van der Waals surface area contributed by atoms with E-state index in [1.807, 2.05) is 0 Å². The van der Waals surface area contributed by atoms with Crippen LogP contribution in [0, 0.1) is 13.8 Å². The Labute approximate surface area is 117 Å². The standard InChI is InChI=1S/C16H27N3/c1-11(2)17-10-6-7-14-12(3)18-15(19-13(14)4)16(5)8-9-16/h11,17H,6-10H2,1-5H3. The summed E-state index contributed by atoms with van der Waals surface area (Å²) in [5.41, 5.74) is 3.98. The van der Waals surface area contributed by atoms with E-state index in [1.165, 1.54) is 29.8 Å². The number of nitrogens with one attached hydrogen (secondary N) is 1. The van der Waals surface area contributed by atoms with Gasteiger partial charge in [-0.2, -0.15) is 0 Å². The molecule has 1 aliphatic rings. The average Bonchev–Trinajstić information content (AvgIpc) is 3.06. The Bertz CT molecular complexity index is 424. The lowest BCUT2D eigenvalue weighted by atomic mass is 10.0. The Hall–Kier alpha value is -0.960. The number of rotatable bonds is 6. The number of hydrogen-bond acceptors (Lipinski definition) is 3. The maximum Gasteiger partial charge on any atom is 0.134 e. The van der Waals surface area contributed by atoms with Crippen LogP contribution in [-0.2, 0) is 11.8 Å². The molecule has 3 heteroatoms. The lowest BCUT2D eigenvalue weighted by Gasteiger charge is -2.14. The van der Waals surface area contributed by atoms with Gasteiger partial charge in [0.15, 0.2) is 0 Å². The molecule has 0 aromatic carbocycles. The van der Waals surface area contributed by atoms with Gasteiger partial charge in [0.1, 0.15) is 5.82 Å². The molecule has 0 saturated heterocycles. The van der Waals surface area contributed by atoms with E-state index in [9.17, 15) is 0 Å². The highest BCUT2D eigenvalue weighted by Gasteiger charge is 2.42. The van der Waals surface area contributed by atoms with Crippen molar-refractivity contribution in [3.63, 3.8) is 0 Å². The third-order valence-electron chi connectivity index (χ3n) is 4.12. The lowest BCUT2D eigenvalue weighted by Crippen LogP contribution is -2.24. The summed E-state index contributed by atoms with van der Waals surface area (Å²) in [6, 6.07) is 0.565. The van der Waals surface area contributed by atoms with Gasteiger partial charge >= 0.3 is 0 Å². The summed E-state index contributed by atoms with van der Waals surface area (Å²) in [6.07, 6.45) is 4.71. The van der Waals surface area contributed by atoms with Crippen LogP contribution >= 0.6 is 0 Å². The Morgan fingerprint density at radius 1 is 1.16 bits per heavy atom. The molecule has 0 unspecified atom stereocenters. The van der Waals surface area contributed by atoms with E-state index < -0.39 is 0 Å². The zero-order valence-electron chi connectivity index (χ0n) is 13.0. The lowest BCUT2D eigenvalue weighted by molar-refractivity contribution is 0.568. The zero-order chi connectivity index (χ0) is 14.0. The Morgan fingerprint density at radius 3 is 2.21 bits per heavy atom. The minimum Gasteiger partial charge on any atom is -0.315 e. The van der Waals surface area contributed by atoms with Crippen LogP contribution in [0.3, 0.4) is 0 Å². The van der Waals surface area contributed by atoms with Crippen molar-refractivity contribution in [3.05, 3.63) is 22.8 Å². The van der Waals surface area contributed by atoms with E-state index in [1.54, 1.807) is 0 Å². The molecule has 0 bridgehead atoms. The van der Waals surface area contributed by atoms with Crippen LogP contribution in [0.5, 0.6) is 0 Å². The van der Waals surface area contributed by atoms with Gasteiger partial charge in [-0.25, -0.2) is 9.97 Å². The monoisotopic (exact) mass is 261 g/mol. The Balaban J connectivity index is 2.01. The molecule has 0 atom stereocenters. The topological polar surface area (TPSA) is 37.8 Å². The van der Waals surface area contributed by atoms with E-state index in [0.717, 1.165) is 25.2 Å². The van der Waals surface area contributed by atoms with Crippen molar-refractivity contribution in [3.8, 4) is 0 Å². The van der Waals surface area contributed by atoms with Gasteiger partial charge in [-0.3, -0.25) is 0 Å². The normalized spacial score (nSPS) is 16.9. The van der Waals surface area contributed by atoms with E-state index in [4.69, 9.17) is 9.97 Å². The summed E-state index contributed by atoms with van der Waals surface area (Å²) in [7, 11) is 0. The van der Waals surface area contributed by atoms with E-state index in [2.05, 4.69) is 39.9 Å². The number of aromatic nitrogens is 2. The largest absolute Gasteiger partial charge is 0.315 e. The van der Waals surface area contributed by atoms with Crippen LogP contribution in [0.2, 0.25) is 0 Å². The van der Waals surface area contributed by atoms with Gasteiger partial charge in [0.05, 0.1) is 0 Å². The first-order valence-electron chi connectivity index (χ1n) is 7.50. The summed E-state index contributed by atoms with van der Waals surface area (Å²) in [4.78, 5) is 9.50. The van der Waals surface area contributed by atoms with Gasteiger partial charge in [-0.05, 0) is 51.6 Å². The SMILES string of the molecule is Cc1nc(C2(C)CC2)nc(C)c1CCCNC(C)C. The van der Waals surface area contributed by atoms with Crippen molar-refractivity contribution < 1.29 is 0 Å². The van der Waals surface area contributed by atoms with Crippen LogP contribution in [0.15, 0.2) is 0 Å². The molecule has 2 rings (SSSR count). The molecule has 0 spiro atoms. The predicted octanol–water partition coefficient (Wildman–Crippen LogP) is 3.08. The van der Waals surface area contributed by atoms with Crippen molar-refractivity contribution in [2.75, 3.05) is 6.54 Å². The van der Waals surface area contributed by atoms with Gasteiger partial charge in [0, 0.05) is 22.8 Å². The highest BCUT2D eigenvalue weighted by molar-refractivity contribution is 5.28. The van der Waals surface area contributed by atoms with Gasteiger partial charge in [0.25, 0.3) is 0 Å². The quantitative estimate of drug-likeness (QED) is 0.800. The number of hydrogen-bond donors (Lipinski definition) is 1. The maximum atomic E-state index is 4.75. The first-order chi connectivity index (χ1) is 8.92. The van der Waals surface area contributed by atoms with Crippen molar-refractivity contribution in [1.29, 1.82) is 0 Å². The smallest absolute Gasteiger partial charge is 0.134 e. The Morgan fingerprint density at radius 2 is 1.74 bits per heavy atom. The van der Waals surface area contributed by atoms with Crippen LogP contribution < -0.4 is 5.32 Å².